The van der Waals surface area contributed by atoms with Crippen LogP contribution in [0.5, 0.6) is 0 Å². The highest BCUT2D eigenvalue weighted by Gasteiger charge is 2.13. The second kappa shape index (κ2) is 7.17. The maximum Gasteiger partial charge on any atom is 0.256 e. The molecule has 1 fully saturated rings. The van der Waals surface area contributed by atoms with Crippen LogP contribution >= 0.6 is 24.2 Å². The number of hydrogen-bond donors (Lipinski definition) is 1. The fourth-order valence-corrected chi connectivity index (χ4v) is 3.33. The molecule has 2 aromatic rings. The van der Waals surface area contributed by atoms with Gasteiger partial charge in [-0.2, -0.15) is 0 Å². The third kappa shape index (κ3) is 3.88. The minimum absolute atomic E-state index is 0. The van der Waals surface area contributed by atoms with E-state index in [9.17, 15) is 0 Å². The second-order valence-electron chi connectivity index (χ2n) is 4.78. The smallest absolute Gasteiger partial charge is 0.256 e. The Bertz CT molecular complexity index is 478. The van der Waals surface area contributed by atoms with Crippen molar-refractivity contribution in [3.63, 3.8) is 0 Å². The van der Waals surface area contributed by atoms with Crippen LogP contribution in [0.2, 0.25) is 0 Å². The van der Waals surface area contributed by atoms with Crippen molar-refractivity contribution >= 4 is 35.3 Å². The summed E-state index contributed by atoms with van der Waals surface area (Å²) in [5.41, 5.74) is 1.85. The molecule has 3 nitrogen and oxygen atoms in total. The molecule has 3 rings (SSSR count). The molecule has 1 aliphatic rings. The van der Waals surface area contributed by atoms with Crippen molar-refractivity contribution in [2.24, 2.45) is 5.92 Å². The number of oxazole rings is 1. The van der Waals surface area contributed by atoms with Crippen LogP contribution in [0.15, 0.2) is 33.9 Å². The highest BCUT2D eigenvalue weighted by Crippen LogP contribution is 2.26. The summed E-state index contributed by atoms with van der Waals surface area (Å²) in [5.74, 6) is 1.99. The molecule has 0 unspecified atom stereocenters. The van der Waals surface area contributed by atoms with Crippen LogP contribution in [0.25, 0.3) is 11.1 Å². The maximum atomic E-state index is 5.70. The van der Waals surface area contributed by atoms with Gasteiger partial charge >= 0.3 is 0 Å². The van der Waals surface area contributed by atoms with Crippen LogP contribution in [-0.4, -0.2) is 23.8 Å². The largest absolute Gasteiger partial charge is 0.431 e. The van der Waals surface area contributed by atoms with Gasteiger partial charge in [0, 0.05) is 5.75 Å². The number of para-hydroxylation sites is 2. The normalized spacial score (nSPS) is 16.4. The minimum atomic E-state index is 0. The SMILES string of the molecule is Cl.c1ccc2oc(SCCC3CCNCC3)nc2c1. The van der Waals surface area contributed by atoms with Gasteiger partial charge in [-0.1, -0.05) is 23.9 Å². The van der Waals surface area contributed by atoms with E-state index in [2.05, 4.69) is 10.3 Å². The first-order valence-electron chi connectivity index (χ1n) is 6.61. The maximum absolute atomic E-state index is 5.70. The Morgan fingerprint density at radius 1 is 1.26 bits per heavy atom. The van der Waals surface area contributed by atoms with Crippen molar-refractivity contribution in [3.8, 4) is 0 Å². The Morgan fingerprint density at radius 2 is 2.05 bits per heavy atom. The summed E-state index contributed by atoms with van der Waals surface area (Å²) in [6.45, 7) is 2.36. The van der Waals surface area contributed by atoms with E-state index in [0.717, 1.165) is 28.0 Å². The van der Waals surface area contributed by atoms with Crippen LogP contribution in [0.4, 0.5) is 0 Å². The molecule has 2 heterocycles. The zero-order chi connectivity index (χ0) is 12.2. The molecule has 104 valence electrons. The summed E-state index contributed by atoms with van der Waals surface area (Å²) in [6.07, 6.45) is 3.90. The Labute approximate surface area is 124 Å². The molecule has 0 bridgehead atoms. The van der Waals surface area contributed by atoms with Gasteiger partial charge in [-0.15, -0.1) is 12.4 Å². The fourth-order valence-electron chi connectivity index (χ4n) is 2.40. The molecular weight excluding hydrogens is 280 g/mol. The van der Waals surface area contributed by atoms with Crippen molar-refractivity contribution in [2.75, 3.05) is 18.8 Å². The Kier molecular flexibility index (Phi) is 5.55. The first-order valence-corrected chi connectivity index (χ1v) is 7.59. The average molecular weight is 299 g/mol. The molecule has 0 radical (unpaired) electrons. The molecular formula is C14H19ClN2OS. The van der Waals surface area contributed by atoms with Crippen molar-refractivity contribution in [1.82, 2.24) is 10.3 Å². The van der Waals surface area contributed by atoms with Crippen molar-refractivity contribution < 1.29 is 4.42 Å². The minimum Gasteiger partial charge on any atom is -0.431 e. The van der Waals surface area contributed by atoms with E-state index >= 15 is 0 Å². The van der Waals surface area contributed by atoms with E-state index in [1.165, 1.54) is 32.4 Å². The van der Waals surface area contributed by atoms with E-state index in [0.29, 0.717) is 0 Å². The summed E-state index contributed by atoms with van der Waals surface area (Å²) in [7, 11) is 0. The number of aromatic nitrogens is 1. The van der Waals surface area contributed by atoms with Crippen LogP contribution in [0.1, 0.15) is 19.3 Å². The van der Waals surface area contributed by atoms with Crippen LogP contribution in [-0.2, 0) is 0 Å². The van der Waals surface area contributed by atoms with Crippen LogP contribution < -0.4 is 5.32 Å². The molecule has 0 aliphatic carbocycles. The first kappa shape index (κ1) is 14.7. The van der Waals surface area contributed by atoms with Crippen LogP contribution in [0.3, 0.4) is 0 Å². The summed E-state index contributed by atoms with van der Waals surface area (Å²) >= 11 is 1.74. The van der Waals surface area contributed by atoms with Gasteiger partial charge in [0.15, 0.2) is 5.58 Å². The van der Waals surface area contributed by atoms with E-state index in [1.54, 1.807) is 11.8 Å². The van der Waals surface area contributed by atoms with Gasteiger partial charge in [0.1, 0.15) is 5.52 Å². The lowest BCUT2D eigenvalue weighted by atomic mass is 9.96. The number of halogens is 1. The van der Waals surface area contributed by atoms with Crippen LogP contribution in [0, 0.1) is 5.92 Å². The number of hydrogen-bond acceptors (Lipinski definition) is 4. The van der Waals surface area contributed by atoms with E-state index in [1.807, 2.05) is 24.3 Å². The number of thioether (sulfide) groups is 1. The predicted octanol–water partition coefficient (Wildman–Crippen LogP) is 3.73. The van der Waals surface area contributed by atoms with E-state index < -0.39 is 0 Å². The average Bonchev–Trinajstić information content (AvgIpc) is 2.82. The Morgan fingerprint density at radius 3 is 2.84 bits per heavy atom. The topological polar surface area (TPSA) is 38.1 Å². The number of piperidine rings is 1. The molecule has 1 saturated heterocycles. The third-order valence-corrected chi connectivity index (χ3v) is 4.35. The molecule has 0 saturated carbocycles. The molecule has 1 aliphatic heterocycles. The highest BCUT2D eigenvalue weighted by atomic mass is 35.5. The van der Waals surface area contributed by atoms with Gasteiger partial charge in [-0.25, -0.2) is 4.98 Å². The predicted molar refractivity (Wildman–Crippen MR) is 82.2 cm³/mol. The number of nitrogens with zero attached hydrogens (tertiary/aromatic N) is 1. The van der Waals surface area contributed by atoms with Gasteiger partial charge < -0.3 is 9.73 Å². The molecule has 0 amide bonds. The molecule has 0 spiro atoms. The number of nitrogens with one attached hydrogen (secondary N) is 1. The Hall–Kier alpha value is -0.710. The quantitative estimate of drug-likeness (QED) is 0.873. The zero-order valence-electron chi connectivity index (χ0n) is 10.8. The number of benzene rings is 1. The van der Waals surface area contributed by atoms with Gasteiger partial charge in [-0.3, -0.25) is 0 Å². The lowest BCUT2D eigenvalue weighted by Gasteiger charge is -2.21. The van der Waals surface area contributed by atoms with Crippen molar-refractivity contribution in [2.45, 2.75) is 24.5 Å². The molecule has 19 heavy (non-hydrogen) atoms. The van der Waals surface area contributed by atoms with Crippen molar-refractivity contribution in [1.29, 1.82) is 0 Å². The monoisotopic (exact) mass is 298 g/mol. The van der Waals surface area contributed by atoms with Gasteiger partial charge in [0.25, 0.3) is 5.22 Å². The number of fused-ring (bicyclic) bond motifs is 1. The second-order valence-corrected chi connectivity index (χ2v) is 5.82. The standard InChI is InChI=1S/C14H18N2OS.ClH/c1-2-4-13-12(3-1)16-14(17-13)18-10-7-11-5-8-15-9-6-11;/h1-4,11,15H,5-10H2;1H. The summed E-state index contributed by atoms with van der Waals surface area (Å²) < 4.78 is 5.70. The zero-order valence-corrected chi connectivity index (χ0v) is 12.4. The van der Waals surface area contributed by atoms with Crippen molar-refractivity contribution in [3.05, 3.63) is 24.3 Å². The van der Waals surface area contributed by atoms with Gasteiger partial charge in [-0.05, 0) is 50.4 Å². The summed E-state index contributed by atoms with van der Waals surface area (Å²) in [5, 5.41) is 4.21. The van der Waals surface area contributed by atoms with Gasteiger partial charge in [0.2, 0.25) is 0 Å². The molecule has 1 N–H and O–H groups in total. The lowest BCUT2D eigenvalue weighted by Crippen LogP contribution is -2.27. The molecule has 5 heteroatoms. The van der Waals surface area contributed by atoms with Gasteiger partial charge in [0.05, 0.1) is 0 Å². The molecule has 1 aromatic heterocycles. The van der Waals surface area contributed by atoms with E-state index in [-0.39, 0.29) is 12.4 Å². The summed E-state index contributed by atoms with van der Waals surface area (Å²) in [6, 6.07) is 7.94. The van der Waals surface area contributed by atoms with E-state index in [4.69, 9.17) is 4.42 Å². The highest BCUT2D eigenvalue weighted by molar-refractivity contribution is 7.99. The molecule has 1 aromatic carbocycles. The third-order valence-electron chi connectivity index (χ3n) is 3.48. The summed E-state index contributed by atoms with van der Waals surface area (Å²) in [4.78, 5) is 4.48. The molecule has 0 atom stereocenters. The first-order chi connectivity index (χ1) is 8.92. The number of rotatable bonds is 4. The fraction of sp³-hybridized carbons (Fsp3) is 0.500. The Balaban J connectivity index is 0.00000133. The lowest BCUT2D eigenvalue weighted by molar-refractivity contribution is 0.367.